The fourth-order valence-electron chi connectivity index (χ4n) is 1.04. The fraction of sp³-hybridized carbons (Fsp3) is 0.333. The second kappa shape index (κ2) is 5.81. The zero-order valence-corrected chi connectivity index (χ0v) is 10.3. The first kappa shape index (κ1) is 12.9. The Balaban J connectivity index is 2.65. The van der Waals surface area contributed by atoms with Gasteiger partial charge in [-0.1, -0.05) is 11.6 Å². The molecule has 1 heterocycles. The minimum Gasteiger partial charge on any atom is -0.397 e. The van der Waals surface area contributed by atoms with E-state index in [0.29, 0.717) is 12.3 Å². The molecule has 0 spiro atoms. The van der Waals surface area contributed by atoms with Gasteiger partial charge in [-0.15, -0.1) is 0 Å². The molecule has 0 radical (unpaired) electrons. The van der Waals surface area contributed by atoms with Crippen LogP contribution >= 0.6 is 11.6 Å². The fourth-order valence-corrected chi connectivity index (χ4v) is 1.59. The Hall–Kier alpha value is -1.14. The lowest BCUT2D eigenvalue weighted by atomic mass is 10.2. The van der Waals surface area contributed by atoms with Gasteiger partial charge in [-0.05, 0) is 6.07 Å². The molecule has 88 valence electrons. The van der Waals surface area contributed by atoms with E-state index in [2.05, 4.69) is 10.3 Å². The average Bonchev–Trinajstić information content (AvgIpc) is 2.21. The van der Waals surface area contributed by atoms with Crippen LogP contribution in [0, 0.1) is 0 Å². The second-order valence-corrected chi connectivity index (χ2v) is 5.07. The second-order valence-electron chi connectivity index (χ2n) is 3.13. The van der Waals surface area contributed by atoms with E-state index in [1.165, 1.54) is 12.3 Å². The first-order valence-electron chi connectivity index (χ1n) is 4.50. The van der Waals surface area contributed by atoms with Crippen LogP contribution in [0.2, 0.25) is 5.15 Å². The van der Waals surface area contributed by atoms with Crippen molar-refractivity contribution in [2.75, 3.05) is 24.3 Å². The number of hydrogen-bond donors (Lipinski definition) is 2. The Bertz CT molecular complexity index is 425. The molecule has 0 aliphatic rings. The van der Waals surface area contributed by atoms with Crippen molar-refractivity contribution < 1.29 is 9.00 Å². The maximum absolute atomic E-state index is 11.6. The van der Waals surface area contributed by atoms with Crippen LogP contribution in [0.3, 0.4) is 0 Å². The Morgan fingerprint density at radius 2 is 2.38 bits per heavy atom. The van der Waals surface area contributed by atoms with Crippen LogP contribution in [0.1, 0.15) is 10.4 Å². The molecule has 0 saturated carbocycles. The third-order valence-electron chi connectivity index (χ3n) is 1.82. The number of pyridine rings is 1. The molecule has 1 aromatic rings. The minimum atomic E-state index is -0.933. The van der Waals surface area contributed by atoms with Crippen LogP contribution in [0.15, 0.2) is 12.3 Å². The van der Waals surface area contributed by atoms with E-state index in [1.54, 1.807) is 6.26 Å². The van der Waals surface area contributed by atoms with Crippen molar-refractivity contribution in [3.63, 3.8) is 0 Å². The van der Waals surface area contributed by atoms with Crippen LogP contribution < -0.4 is 11.1 Å². The van der Waals surface area contributed by atoms with Crippen LogP contribution in [-0.4, -0.2) is 33.7 Å². The quantitative estimate of drug-likeness (QED) is 0.770. The van der Waals surface area contributed by atoms with Crippen molar-refractivity contribution >= 4 is 34.0 Å². The van der Waals surface area contributed by atoms with Gasteiger partial charge in [-0.2, -0.15) is 0 Å². The highest BCUT2D eigenvalue weighted by Crippen LogP contribution is 2.14. The van der Waals surface area contributed by atoms with E-state index >= 15 is 0 Å². The number of halogens is 1. The summed E-state index contributed by atoms with van der Waals surface area (Å²) in [4.78, 5) is 15.4. The van der Waals surface area contributed by atoms with Gasteiger partial charge in [-0.25, -0.2) is 4.98 Å². The van der Waals surface area contributed by atoms with Gasteiger partial charge >= 0.3 is 0 Å². The van der Waals surface area contributed by atoms with Gasteiger partial charge in [0.05, 0.1) is 17.4 Å². The third-order valence-corrected chi connectivity index (χ3v) is 2.81. The predicted molar refractivity (Wildman–Crippen MR) is 64.9 cm³/mol. The topological polar surface area (TPSA) is 85.1 Å². The summed E-state index contributed by atoms with van der Waals surface area (Å²) in [6.45, 7) is 0.335. The van der Waals surface area contributed by atoms with Gasteiger partial charge in [0.2, 0.25) is 0 Å². The molecule has 5 nitrogen and oxygen atoms in total. The monoisotopic (exact) mass is 261 g/mol. The zero-order valence-electron chi connectivity index (χ0n) is 8.70. The van der Waals surface area contributed by atoms with E-state index in [-0.39, 0.29) is 22.3 Å². The molecule has 1 atom stereocenters. The largest absolute Gasteiger partial charge is 0.397 e. The SMILES string of the molecule is CS(=O)CCNC(=O)c1cc(Cl)ncc1N. The van der Waals surface area contributed by atoms with Crippen LogP contribution in [0.5, 0.6) is 0 Å². The molecule has 0 bridgehead atoms. The highest BCUT2D eigenvalue weighted by atomic mass is 35.5. The molecule has 0 fully saturated rings. The first-order chi connectivity index (χ1) is 7.50. The van der Waals surface area contributed by atoms with E-state index in [4.69, 9.17) is 17.3 Å². The smallest absolute Gasteiger partial charge is 0.253 e. The Morgan fingerprint density at radius 1 is 1.69 bits per heavy atom. The van der Waals surface area contributed by atoms with Crippen molar-refractivity contribution in [3.8, 4) is 0 Å². The summed E-state index contributed by atoms with van der Waals surface area (Å²) in [5.41, 5.74) is 6.12. The van der Waals surface area contributed by atoms with Crippen LogP contribution in [-0.2, 0) is 10.8 Å². The third kappa shape index (κ3) is 3.79. The van der Waals surface area contributed by atoms with Gasteiger partial charge < -0.3 is 11.1 Å². The molecule has 16 heavy (non-hydrogen) atoms. The lowest BCUT2D eigenvalue weighted by Crippen LogP contribution is -2.28. The number of nitrogens with two attached hydrogens (primary N) is 1. The van der Waals surface area contributed by atoms with Gasteiger partial charge in [0.1, 0.15) is 5.15 Å². The molecule has 0 aliphatic heterocycles. The molecule has 1 rings (SSSR count). The van der Waals surface area contributed by atoms with Gasteiger partial charge in [0, 0.05) is 29.4 Å². The predicted octanol–water partition coefficient (Wildman–Crippen LogP) is 0.425. The van der Waals surface area contributed by atoms with Crippen LogP contribution in [0.25, 0.3) is 0 Å². The number of nitrogen functional groups attached to an aromatic ring is 1. The summed E-state index contributed by atoms with van der Waals surface area (Å²) in [7, 11) is -0.933. The van der Waals surface area contributed by atoms with Crippen molar-refractivity contribution in [1.82, 2.24) is 10.3 Å². The number of amides is 1. The van der Waals surface area contributed by atoms with Crippen molar-refractivity contribution in [3.05, 3.63) is 23.0 Å². The van der Waals surface area contributed by atoms with E-state index in [0.717, 1.165) is 0 Å². The maximum atomic E-state index is 11.6. The standard InChI is InChI=1S/C9H12ClN3O2S/c1-16(15)3-2-12-9(14)6-4-8(10)13-5-7(6)11/h4-5H,2-3,11H2,1H3,(H,12,14). The molecule has 0 aliphatic carbocycles. The van der Waals surface area contributed by atoms with Crippen molar-refractivity contribution in [1.29, 1.82) is 0 Å². The average molecular weight is 262 g/mol. The number of hydrogen-bond acceptors (Lipinski definition) is 4. The lowest BCUT2D eigenvalue weighted by Gasteiger charge is -2.06. The van der Waals surface area contributed by atoms with E-state index < -0.39 is 10.8 Å². The van der Waals surface area contributed by atoms with Crippen molar-refractivity contribution in [2.24, 2.45) is 0 Å². The van der Waals surface area contributed by atoms with Crippen molar-refractivity contribution in [2.45, 2.75) is 0 Å². The maximum Gasteiger partial charge on any atom is 0.253 e. The summed E-state index contributed by atoms with van der Waals surface area (Å²) >= 11 is 5.65. The number of aromatic nitrogens is 1. The molecule has 7 heteroatoms. The summed E-state index contributed by atoms with van der Waals surface area (Å²) in [5.74, 6) is 0.0667. The number of nitrogens with one attached hydrogen (secondary N) is 1. The van der Waals surface area contributed by atoms with E-state index in [9.17, 15) is 9.00 Å². The highest BCUT2D eigenvalue weighted by Gasteiger charge is 2.10. The molecule has 3 N–H and O–H groups in total. The summed E-state index contributed by atoms with van der Waals surface area (Å²) in [6.07, 6.45) is 2.90. The van der Waals surface area contributed by atoms with Gasteiger partial charge in [-0.3, -0.25) is 9.00 Å². The van der Waals surface area contributed by atoms with E-state index in [1.807, 2.05) is 0 Å². The zero-order chi connectivity index (χ0) is 12.1. The summed E-state index contributed by atoms with van der Waals surface area (Å²) in [6, 6.07) is 1.40. The Kier molecular flexibility index (Phi) is 4.70. The molecule has 1 aromatic heterocycles. The Morgan fingerprint density at radius 3 is 3.00 bits per heavy atom. The molecular formula is C9H12ClN3O2S. The molecule has 1 unspecified atom stereocenters. The number of carbonyl (C=O) groups is 1. The molecule has 1 amide bonds. The summed E-state index contributed by atoms with van der Waals surface area (Å²) < 4.78 is 10.8. The summed E-state index contributed by atoms with van der Waals surface area (Å²) in [5, 5.41) is 2.81. The van der Waals surface area contributed by atoms with Gasteiger partial charge in [0.15, 0.2) is 0 Å². The number of nitrogens with zero attached hydrogens (tertiary/aromatic N) is 1. The van der Waals surface area contributed by atoms with Gasteiger partial charge in [0.25, 0.3) is 5.91 Å². The van der Waals surface area contributed by atoms with Crippen LogP contribution in [0.4, 0.5) is 5.69 Å². The first-order valence-corrected chi connectivity index (χ1v) is 6.60. The Labute approximate surface area is 101 Å². The minimum absolute atomic E-state index is 0.207. The number of rotatable bonds is 4. The highest BCUT2D eigenvalue weighted by molar-refractivity contribution is 7.84. The molecule has 0 saturated heterocycles. The lowest BCUT2D eigenvalue weighted by molar-refractivity contribution is 0.0957. The normalized spacial score (nSPS) is 12.1. The number of anilines is 1. The molecule has 0 aromatic carbocycles. The number of carbonyl (C=O) groups excluding carboxylic acids is 1. The molecular weight excluding hydrogens is 250 g/mol.